The van der Waals surface area contributed by atoms with Crippen LogP contribution in [-0.2, 0) is 17.8 Å². The first-order chi connectivity index (χ1) is 10.7. The van der Waals surface area contributed by atoms with Crippen LogP contribution in [0, 0.1) is 6.92 Å². The summed E-state index contributed by atoms with van der Waals surface area (Å²) in [6.07, 6.45) is 1.79. The molecule has 3 rings (SSSR count). The summed E-state index contributed by atoms with van der Waals surface area (Å²) < 4.78 is 0. The van der Waals surface area contributed by atoms with Crippen molar-refractivity contribution in [3.63, 3.8) is 0 Å². The molecule has 4 heteroatoms. The van der Waals surface area contributed by atoms with Crippen molar-refractivity contribution in [1.82, 2.24) is 10.2 Å². The lowest BCUT2D eigenvalue weighted by Gasteiger charge is -2.28. The highest BCUT2D eigenvalue weighted by molar-refractivity contribution is 7.11. The summed E-state index contributed by atoms with van der Waals surface area (Å²) in [5.74, 6) is 0.162. The van der Waals surface area contributed by atoms with Gasteiger partial charge in [0.05, 0.1) is 6.04 Å². The minimum Gasteiger partial charge on any atom is -0.355 e. The van der Waals surface area contributed by atoms with Gasteiger partial charge in [-0.3, -0.25) is 9.69 Å². The summed E-state index contributed by atoms with van der Waals surface area (Å²) in [5.41, 5.74) is 1.22. The number of hydrogen-bond donors (Lipinski definition) is 1. The van der Waals surface area contributed by atoms with Crippen molar-refractivity contribution in [1.29, 1.82) is 0 Å². The number of benzene rings is 1. The van der Waals surface area contributed by atoms with Crippen molar-refractivity contribution < 1.29 is 4.79 Å². The fraction of sp³-hybridized carbons (Fsp3) is 0.389. The van der Waals surface area contributed by atoms with Gasteiger partial charge in [0.2, 0.25) is 5.91 Å². The van der Waals surface area contributed by atoms with Crippen LogP contribution in [0.4, 0.5) is 0 Å². The molecular formula is C18H22N2OS. The molecule has 0 spiro atoms. The van der Waals surface area contributed by atoms with Gasteiger partial charge in [0.25, 0.3) is 0 Å². The molecule has 1 N–H and O–H groups in total. The van der Waals surface area contributed by atoms with E-state index in [4.69, 9.17) is 0 Å². The van der Waals surface area contributed by atoms with Gasteiger partial charge in [0, 0.05) is 29.4 Å². The Balaban J connectivity index is 1.78. The molecule has 2 aromatic rings. The van der Waals surface area contributed by atoms with Crippen molar-refractivity contribution in [3.05, 3.63) is 57.8 Å². The number of hydrogen-bond acceptors (Lipinski definition) is 3. The predicted octanol–water partition coefficient (Wildman–Crippen LogP) is 2.99. The third-order valence-corrected chi connectivity index (χ3v) is 5.08. The minimum absolute atomic E-state index is 0.0766. The number of carbonyl (C=O) groups is 1. The van der Waals surface area contributed by atoms with Crippen LogP contribution in [0.25, 0.3) is 0 Å². The smallest absolute Gasteiger partial charge is 0.237 e. The quantitative estimate of drug-likeness (QED) is 0.941. The molecule has 1 atom stereocenters. The maximum absolute atomic E-state index is 12.5. The summed E-state index contributed by atoms with van der Waals surface area (Å²) in [5, 5.41) is 3.06. The number of rotatable bonds is 4. The average Bonchev–Trinajstić information content (AvgIpc) is 2.86. The molecule has 1 unspecified atom stereocenters. The van der Waals surface area contributed by atoms with Crippen molar-refractivity contribution in [2.45, 2.75) is 32.4 Å². The second-order valence-electron chi connectivity index (χ2n) is 5.83. The van der Waals surface area contributed by atoms with Gasteiger partial charge in [-0.25, -0.2) is 0 Å². The van der Waals surface area contributed by atoms with Gasteiger partial charge in [-0.15, -0.1) is 11.3 Å². The zero-order valence-corrected chi connectivity index (χ0v) is 13.7. The first-order valence-electron chi connectivity index (χ1n) is 7.83. The van der Waals surface area contributed by atoms with E-state index in [1.807, 2.05) is 29.5 Å². The Hall–Kier alpha value is -1.65. The van der Waals surface area contributed by atoms with Crippen LogP contribution >= 0.6 is 11.3 Å². The maximum atomic E-state index is 12.5. The monoisotopic (exact) mass is 314 g/mol. The van der Waals surface area contributed by atoms with E-state index < -0.39 is 0 Å². The fourth-order valence-electron chi connectivity index (χ4n) is 2.95. The molecule has 0 saturated carbocycles. The van der Waals surface area contributed by atoms with E-state index >= 15 is 0 Å². The highest BCUT2D eigenvalue weighted by Gasteiger charge is 2.28. The number of amides is 1. The van der Waals surface area contributed by atoms with Gasteiger partial charge in [0.15, 0.2) is 0 Å². The van der Waals surface area contributed by atoms with Crippen LogP contribution in [0.15, 0.2) is 42.5 Å². The van der Waals surface area contributed by atoms with Crippen molar-refractivity contribution in [2.24, 2.45) is 0 Å². The van der Waals surface area contributed by atoms with Crippen LogP contribution < -0.4 is 5.32 Å². The molecule has 1 aromatic carbocycles. The number of nitrogens with zero attached hydrogens (tertiary/aromatic N) is 1. The van der Waals surface area contributed by atoms with Gasteiger partial charge < -0.3 is 5.32 Å². The summed E-state index contributed by atoms with van der Waals surface area (Å²) in [6.45, 7) is 4.74. The normalized spacial score (nSPS) is 19.7. The summed E-state index contributed by atoms with van der Waals surface area (Å²) in [6, 6.07) is 14.6. The molecule has 0 aliphatic carbocycles. The largest absolute Gasteiger partial charge is 0.355 e. The Labute approximate surface area is 136 Å². The number of thiophene rings is 1. The lowest BCUT2D eigenvalue weighted by atomic mass is 10.0. The molecule has 1 amide bonds. The highest BCUT2D eigenvalue weighted by atomic mass is 32.1. The van der Waals surface area contributed by atoms with Crippen molar-refractivity contribution in [3.8, 4) is 0 Å². The molecule has 1 aliphatic heterocycles. The highest BCUT2D eigenvalue weighted by Crippen LogP contribution is 2.21. The molecule has 1 aliphatic rings. The number of carbonyl (C=O) groups excluding carboxylic acids is 1. The molecular weight excluding hydrogens is 292 g/mol. The molecule has 1 fully saturated rings. The topological polar surface area (TPSA) is 32.3 Å². The Bertz CT molecular complexity index is 623. The standard InChI is InChI=1S/C18H22N2OS/c1-14-8-9-16(22-14)13-20-11-5-10-19-18(21)17(20)12-15-6-3-2-4-7-15/h2-4,6-9,17H,5,10-13H2,1H3,(H,19,21). The minimum atomic E-state index is -0.0766. The molecule has 116 valence electrons. The SMILES string of the molecule is Cc1ccc(CN2CCCNC(=O)C2Cc2ccccc2)s1. The average molecular weight is 314 g/mol. The Morgan fingerprint density at radius 2 is 2.05 bits per heavy atom. The van der Waals surface area contributed by atoms with Crippen LogP contribution in [0.2, 0.25) is 0 Å². The third kappa shape index (κ3) is 3.76. The van der Waals surface area contributed by atoms with Gasteiger partial charge in [-0.1, -0.05) is 30.3 Å². The Kier molecular flexibility index (Phi) is 4.90. The van der Waals surface area contributed by atoms with Gasteiger partial charge in [-0.05, 0) is 37.5 Å². The second kappa shape index (κ2) is 7.07. The number of nitrogens with one attached hydrogen (secondary N) is 1. The van der Waals surface area contributed by atoms with Crippen LogP contribution in [-0.4, -0.2) is 29.9 Å². The van der Waals surface area contributed by atoms with Crippen LogP contribution in [0.5, 0.6) is 0 Å². The molecule has 22 heavy (non-hydrogen) atoms. The summed E-state index contributed by atoms with van der Waals surface area (Å²) in [4.78, 5) is 17.5. The zero-order valence-electron chi connectivity index (χ0n) is 12.9. The third-order valence-electron chi connectivity index (χ3n) is 4.09. The van der Waals surface area contributed by atoms with E-state index in [1.165, 1.54) is 15.3 Å². The van der Waals surface area contributed by atoms with Crippen molar-refractivity contribution in [2.75, 3.05) is 13.1 Å². The Morgan fingerprint density at radius 3 is 2.77 bits per heavy atom. The molecule has 3 nitrogen and oxygen atoms in total. The van der Waals surface area contributed by atoms with Crippen LogP contribution in [0.3, 0.4) is 0 Å². The lowest BCUT2D eigenvalue weighted by Crippen LogP contribution is -2.45. The summed E-state index contributed by atoms with van der Waals surface area (Å²) >= 11 is 1.82. The summed E-state index contributed by atoms with van der Waals surface area (Å²) in [7, 11) is 0. The Morgan fingerprint density at radius 1 is 1.23 bits per heavy atom. The molecule has 0 radical (unpaired) electrons. The van der Waals surface area contributed by atoms with E-state index in [1.54, 1.807) is 0 Å². The number of aryl methyl sites for hydroxylation is 1. The van der Waals surface area contributed by atoms with Gasteiger partial charge >= 0.3 is 0 Å². The molecule has 1 aromatic heterocycles. The molecule has 2 heterocycles. The second-order valence-corrected chi connectivity index (χ2v) is 7.21. The van der Waals surface area contributed by atoms with E-state index in [-0.39, 0.29) is 11.9 Å². The van der Waals surface area contributed by atoms with E-state index in [2.05, 4.69) is 41.4 Å². The maximum Gasteiger partial charge on any atom is 0.237 e. The van der Waals surface area contributed by atoms with E-state index in [9.17, 15) is 4.79 Å². The van der Waals surface area contributed by atoms with Crippen molar-refractivity contribution >= 4 is 17.2 Å². The lowest BCUT2D eigenvalue weighted by molar-refractivity contribution is -0.125. The van der Waals surface area contributed by atoms with Gasteiger partial charge in [0.1, 0.15) is 0 Å². The fourth-order valence-corrected chi connectivity index (χ4v) is 3.87. The zero-order chi connectivity index (χ0) is 15.4. The van der Waals surface area contributed by atoms with E-state index in [0.29, 0.717) is 0 Å². The predicted molar refractivity (Wildman–Crippen MR) is 91.0 cm³/mol. The van der Waals surface area contributed by atoms with E-state index in [0.717, 1.165) is 32.5 Å². The first kappa shape index (κ1) is 15.3. The van der Waals surface area contributed by atoms with Crippen LogP contribution in [0.1, 0.15) is 21.7 Å². The molecule has 1 saturated heterocycles. The first-order valence-corrected chi connectivity index (χ1v) is 8.65. The van der Waals surface area contributed by atoms with Gasteiger partial charge in [-0.2, -0.15) is 0 Å². The molecule has 0 bridgehead atoms.